The van der Waals surface area contributed by atoms with Gasteiger partial charge in [0.25, 0.3) is 0 Å². The molecular formula is C12H10NO2S. The number of aryl methyl sites for hydroxylation is 1. The number of nitrogens with zero attached hydrogens (tertiary/aromatic N) is 1. The maximum atomic E-state index is 10.1. The van der Waals surface area contributed by atoms with E-state index in [-0.39, 0.29) is 6.61 Å². The standard InChI is InChI=1S/C12H10NO2S/c1-9-4-2-3-5-10(9)12-11(6-15-8-14)16-7-13-12/h2-5,7H,6H2,1H3. The van der Waals surface area contributed by atoms with Gasteiger partial charge in [-0.2, -0.15) is 0 Å². The molecule has 81 valence electrons. The first-order valence-corrected chi connectivity index (χ1v) is 5.68. The Bertz CT molecular complexity index is 493. The van der Waals surface area contributed by atoms with E-state index in [9.17, 15) is 4.79 Å². The van der Waals surface area contributed by atoms with Crippen molar-refractivity contribution < 1.29 is 9.53 Å². The molecule has 0 atom stereocenters. The maximum absolute atomic E-state index is 10.1. The first-order chi connectivity index (χ1) is 7.83. The van der Waals surface area contributed by atoms with Crippen LogP contribution < -0.4 is 0 Å². The van der Waals surface area contributed by atoms with Gasteiger partial charge >= 0.3 is 6.47 Å². The molecule has 4 heteroatoms. The number of rotatable bonds is 4. The van der Waals surface area contributed by atoms with Gasteiger partial charge in [0, 0.05) is 5.56 Å². The van der Waals surface area contributed by atoms with Crippen LogP contribution in [0.3, 0.4) is 0 Å². The van der Waals surface area contributed by atoms with Crippen molar-refractivity contribution in [1.29, 1.82) is 0 Å². The van der Waals surface area contributed by atoms with Gasteiger partial charge in [-0.05, 0) is 12.5 Å². The van der Waals surface area contributed by atoms with Gasteiger partial charge in [0.05, 0.1) is 16.1 Å². The summed E-state index contributed by atoms with van der Waals surface area (Å²) in [6, 6.07) is 8.00. The van der Waals surface area contributed by atoms with Gasteiger partial charge in [-0.25, -0.2) is 9.78 Å². The van der Waals surface area contributed by atoms with E-state index in [1.165, 1.54) is 17.8 Å². The Balaban J connectivity index is 2.37. The summed E-state index contributed by atoms with van der Waals surface area (Å²) in [6.07, 6.45) is 0. The van der Waals surface area contributed by atoms with E-state index in [1.807, 2.05) is 31.2 Å². The zero-order valence-corrected chi connectivity index (χ0v) is 9.58. The van der Waals surface area contributed by atoms with Crippen LogP contribution in [0.15, 0.2) is 29.8 Å². The Morgan fingerprint density at radius 3 is 3.00 bits per heavy atom. The molecular weight excluding hydrogens is 222 g/mol. The molecule has 0 fully saturated rings. The Morgan fingerprint density at radius 1 is 1.44 bits per heavy atom. The average molecular weight is 232 g/mol. The number of benzene rings is 1. The van der Waals surface area contributed by atoms with Crippen molar-refractivity contribution in [3.63, 3.8) is 0 Å². The number of thiazole rings is 1. The normalized spacial score (nSPS) is 10.1. The molecule has 1 radical (unpaired) electrons. The topological polar surface area (TPSA) is 39.2 Å². The van der Waals surface area contributed by atoms with Crippen molar-refractivity contribution in [3.05, 3.63) is 40.2 Å². The summed E-state index contributed by atoms with van der Waals surface area (Å²) in [6.45, 7) is 3.70. The lowest BCUT2D eigenvalue weighted by atomic mass is 10.1. The van der Waals surface area contributed by atoms with E-state index in [4.69, 9.17) is 0 Å². The first kappa shape index (κ1) is 10.8. The van der Waals surface area contributed by atoms with Gasteiger partial charge in [-0.15, -0.1) is 11.3 Å². The van der Waals surface area contributed by atoms with Crippen LogP contribution in [0.5, 0.6) is 0 Å². The lowest BCUT2D eigenvalue weighted by Gasteiger charge is -2.04. The van der Waals surface area contributed by atoms with Gasteiger partial charge in [0.1, 0.15) is 6.61 Å². The van der Waals surface area contributed by atoms with E-state index >= 15 is 0 Å². The third kappa shape index (κ3) is 2.12. The van der Waals surface area contributed by atoms with Crippen molar-refractivity contribution >= 4 is 17.8 Å². The minimum absolute atomic E-state index is 0.234. The van der Waals surface area contributed by atoms with E-state index < -0.39 is 0 Å². The lowest BCUT2D eigenvalue weighted by molar-refractivity contribution is 0.270. The molecule has 0 amide bonds. The summed E-state index contributed by atoms with van der Waals surface area (Å²) >= 11 is 1.48. The molecule has 1 aromatic heterocycles. The summed E-state index contributed by atoms with van der Waals surface area (Å²) in [5.74, 6) is 0. The Kier molecular flexibility index (Phi) is 3.31. The maximum Gasteiger partial charge on any atom is 0.417 e. The average Bonchev–Trinajstić information content (AvgIpc) is 2.75. The number of ether oxygens (including phenoxy) is 1. The smallest absolute Gasteiger partial charge is 0.417 e. The fraction of sp³-hybridized carbons (Fsp3) is 0.167. The molecule has 0 aliphatic heterocycles. The molecule has 0 bridgehead atoms. The predicted octanol–water partition coefficient (Wildman–Crippen LogP) is 2.70. The molecule has 2 aromatic rings. The van der Waals surface area contributed by atoms with Crippen molar-refractivity contribution in [1.82, 2.24) is 4.98 Å². The molecule has 0 spiro atoms. The van der Waals surface area contributed by atoms with Crippen LogP contribution in [0.4, 0.5) is 0 Å². The van der Waals surface area contributed by atoms with Crippen molar-refractivity contribution in [2.24, 2.45) is 0 Å². The van der Waals surface area contributed by atoms with Crippen LogP contribution in [0.2, 0.25) is 0 Å². The number of aromatic nitrogens is 1. The van der Waals surface area contributed by atoms with Crippen LogP contribution in [-0.4, -0.2) is 11.5 Å². The predicted molar refractivity (Wildman–Crippen MR) is 62.8 cm³/mol. The molecule has 0 aliphatic carbocycles. The molecule has 0 saturated carbocycles. The van der Waals surface area contributed by atoms with Crippen LogP contribution in [-0.2, 0) is 16.1 Å². The van der Waals surface area contributed by atoms with Gasteiger partial charge in [-0.3, -0.25) is 0 Å². The molecule has 0 unspecified atom stereocenters. The zero-order valence-electron chi connectivity index (χ0n) is 8.77. The fourth-order valence-electron chi connectivity index (χ4n) is 1.53. The van der Waals surface area contributed by atoms with Gasteiger partial charge < -0.3 is 4.74 Å². The second kappa shape index (κ2) is 4.90. The highest BCUT2D eigenvalue weighted by Crippen LogP contribution is 2.28. The SMILES string of the molecule is Cc1ccccc1-c1ncsc1CO[C]=O. The molecule has 3 nitrogen and oxygen atoms in total. The van der Waals surface area contributed by atoms with Gasteiger partial charge in [0.15, 0.2) is 0 Å². The minimum atomic E-state index is 0.234. The summed E-state index contributed by atoms with van der Waals surface area (Å²) < 4.78 is 4.64. The quantitative estimate of drug-likeness (QED) is 0.813. The van der Waals surface area contributed by atoms with E-state index in [1.54, 1.807) is 5.51 Å². The van der Waals surface area contributed by atoms with E-state index in [2.05, 4.69) is 9.72 Å². The monoisotopic (exact) mass is 232 g/mol. The number of carbonyl (C=O) groups excluding carboxylic acids is 1. The third-order valence-electron chi connectivity index (χ3n) is 2.30. The third-order valence-corrected chi connectivity index (χ3v) is 3.11. The molecule has 0 saturated heterocycles. The van der Waals surface area contributed by atoms with Crippen molar-refractivity contribution in [2.75, 3.05) is 0 Å². The highest BCUT2D eigenvalue weighted by atomic mass is 32.1. The van der Waals surface area contributed by atoms with Gasteiger partial charge in [-0.1, -0.05) is 24.3 Å². The Morgan fingerprint density at radius 2 is 2.25 bits per heavy atom. The van der Waals surface area contributed by atoms with E-state index in [0.717, 1.165) is 21.7 Å². The highest BCUT2D eigenvalue weighted by Gasteiger charge is 2.10. The zero-order chi connectivity index (χ0) is 11.4. The highest BCUT2D eigenvalue weighted by molar-refractivity contribution is 7.10. The minimum Gasteiger partial charge on any atom is -0.451 e. The first-order valence-electron chi connectivity index (χ1n) is 4.80. The molecule has 2 rings (SSSR count). The molecule has 16 heavy (non-hydrogen) atoms. The molecule has 1 heterocycles. The van der Waals surface area contributed by atoms with Crippen LogP contribution in [0.1, 0.15) is 10.4 Å². The molecule has 1 aromatic carbocycles. The largest absolute Gasteiger partial charge is 0.451 e. The number of hydrogen-bond donors (Lipinski definition) is 0. The van der Waals surface area contributed by atoms with Crippen molar-refractivity contribution in [2.45, 2.75) is 13.5 Å². The van der Waals surface area contributed by atoms with Gasteiger partial charge in [0.2, 0.25) is 0 Å². The van der Waals surface area contributed by atoms with E-state index in [0.29, 0.717) is 0 Å². The summed E-state index contributed by atoms with van der Waals surface area (Å²) in [5, 5.41) is 0. The molecule has 0 N–H and O–H groups in total. The summed E-state index contributed by atoms with van der Waals surface area (Å²) in [5.41, 5.74) is 4.88. The fourth-order valence-corrected chi connectivity index (χ4v) is 2.21. The molecule has 0 aliphatic rings. The Hall–Kier alpha value is -1.68. The van der Waals surface area contributed by atoms with Crippen molar-refractivity contribution in [3.8, 4) is 11.3 Å². The Labute approximate surface area is 97.7 Å². The second-order valence-electron chi connectivity index (χ2n) is 3.31. The number of hydrogen-bond acceptors (Lipinski definition) is 4. The van der Waals surface area contributed by atoms with Crippen LogP contribution >= 0.6 is 11.3 Å². The lowest BCUT2D eigenvalue weighted by Crippen LogP contribution is -1.91. The van der Waals surface area contributed by atoms with Crippen LogP contribution in [0.25, 0.3) is 11.3 Å². The second-order valence-corrected chi connectivity index (χ2v) is 4.25. The summed E-state index contributed by atoms with van der Waals surface area (Å²) in [4.78, 5) is 15.3. The van der Waals surface area contributed by atoms with Crippen LogP contribution in [0, 0.1) is 6.92 Å². The summed E-state index contributed by atoms with van der Waals surface area (Å²) in [7, 11) is 0.